The number of hydrogen-bond donors (Lipinski definition) is 1. The summed E-state index contributed by atoms with van der Waals surface area (Å²) in [6.45, 7) is 2.11. The first kappa shape index (κ1) is 18.1. The lowest BCUT2D eigenvalue weighted by Gasteiger charge is -2.01. The van der Waals surface area contributed by atoms with Crippen molar-refractivity contribution >= 4 is 23.7 Å². The molecular weight excluding hydrogens is 353 g/mol. The van der Waals surface area contributed by atoms with Crippen LogP contribution in [-0.4, -0.2) is 21.9 Å². The molecule has 0 radical (unpaired) electrons. The number of aromatic nitrogens is 2. The lowest BCUT2D eigenvalue weighted by atomic mass is 10.1. The maximum Gasteiger partial charge on any atom is 0.322 e. The van der Waals surface area contributed by atoms with E-state index < -0.39 is 0 Å². The molecule has 3 rings (SSSR count). The number of benzene rings is 2. The zero-order chi connectivity index (χ0) is 18.4. The Morgan fingerprint density at radius 1 is 1.08 bits per heavy atom. The molecule has 1 N–H and O–H groups in total. The number of hydrogen-bond acceptors (Lipinski definition) is 5. The molecule has 0 atom stereocenters. The molecule has 0 saturated heterocycles. The third-order valence-corrected chi connectivity index (χ3v) is 4.48. The highest BCUT2D eigenvalue weighted by Gasteiger charge is 2.11. The van der Waals surface area contributed by atoms with Gasteiger partial charge in [-0.3, -0.25) is 10.1 Å². The van der Waals surface area contributed by atoms with Crippen LogP contribution in [0.4, 0.5) is 10.4 Å². The Labute approximate surface area is 155 Å². The van der Waals surface area contributed by atoms with Crippen molar-refractivity contribution in [3.05, 3.63) is 71.4 Å². The molecule has 0 bridgehead atoms. The van der Waals surface area contributed by atoms with Gasteiger partial charge in [0.15, 0.2) is 0 Å². The molecule has 5 nitrogen and oxygen atoms in total. The van der Waals surface area contributed by atoms with Crippen LogP contribution in [0, 0.1) is 5.82 Å². The first-order valence-corrected chi connectivity index (χ1v) is 9.19. The number of thioether (sulfide) groups is 1. The average Bonchev–Trinajstić information content (AvgIpc) is 3.05. The third-order valence-electron chi connectivity index (χ3n) is 3.58. The number of nitrogens with zero attached hydrogens (tertiary/aromatic N) is 2. The van der Waals surface area contributed by atoms with Gasteiger partial charge in [-0.25, -0.2) is 4.39 Å². The van der Waals surface area contributed by atoms with Gasteiger partial charge >= 0.3 is 6.01 Å². The molecule has 1 heterocycles. The maximum absolute atomic E-state index is 12.9. The first-order valence-electron chi connectivity index (χ1n) is 8.21. The van der Waals surface area contributed by atoms with E-state index in [9.17, 15) is 9.18 Å². The van der Waals surface area contributed by atoms with Gasteiger partial charge in [-0.15, -0.1) is 16.9 Å². The van der Waals surface area contributed by atoms with Gasteiger partial charge in [0.2, 0.25) is 11.8 Å². The molecule has 2 aromatic carbocycles. The molecular formula is C19H18FN3O2S. The van der Waals surface area contributed by atoms with Crippen LogP contribution in [0.3, 0.4) is 0 Å². The second kappa shape index (κ2) is 8.62. The summed E-state index contributed by atoms with van der Waals surface area (Å²) >= 11 is 1.78. The lowest BCUT2D eigenvalue weighted by Crippen LogP contribution is -2.14. The normalized spacial score (nSPS) is 10.7. The summed E-state index contributed by atoms with van der Waals surface area (Å²) in [5.74, 6) is 0.826. The summed E-state index contributed by atoms with van der Waals surface area (Å²) in [5.41, 5.74) is 1.76. The Morgan fingerprint density at radius 2 is 1.77 bits per heavy atom. The van der Waals surface area contributed by atoms with E-state index in [4.69, 9.17) is 4.42 Å². The number of amides is 1. The molecule has 0 fully saturated rings. The van der Waals surface area contributed by atoms with Crippen molar-refractivity contribution < 1.29 is 13.6 Å². The fourth-order valence-electron chi connectivity index (χ4n) is 2.37. The topological polar surface area (TPSA) is 68.0 Å². The Morgan fingerprint density at radius 3 is 2.46 bits per heavy atom. The highest BCUT2D eigenvalue weighted by molar-refractivity contribution is 7.99. The van der Waals surface area contributed by atoms with Crippen LogP contribution in [0.1, 0.15) is 23.9 Å². The lowest BCUT2D eigenvalue weighted by molar-refractivity contribution is -0.115. The van der Waals surface area contributed by atoms with Crippen molar-refractivity contribution in [3.63, 3.8) is 0 Å². The van der Waals surface area contributed by atoms with E-state index >= 15 is 0 Å². The number of carbonyl (C=O) groups is 1. The molecule has 0 saturated carbocycles. The SMILES string of the molecule is CCSc1ccc(Cc2nnc(NC(=O)Cc3ccc(F)cc3)o2)cc1. The van der Waals surface area contributed by atoms with Crippen LogP contribution in [0.15, 0.2) is 57.8 Å². The minimum Gasteiger partial charge on any atom is -0.407 e. The highest BCUT2D eigenvalue weighted by atomic mass is 32.2. The van der Waals surface area contributed by atoms with Crippen molar-refractivity contribution in [1.82, 2.24) is 10.2 Å². The molecule has 0 unspecified atom stereocenters. The van der Waals surface area contributed by atoms with E-state index in [1.807, 2.05) is 12.1 Å². The molecule has 0 aliphatic rings. The summed E-state index contributed by atoms with van der Waals surface area (Å²) in [6.07, 6.45) is 0.604. The van der Waals surface area contributed by atoms with Crippen LogP contribution < -0.4 is 5.32 Å². The molecule has 0 spiro atoms. The van der Waals surface area contributed by atoms with Gasteiger partial charge in [0.05, 0.1) is 12.8 Å². The fourth-order valence-corrected chi connectivity index (χ4v) is 3.03. The van der Waals surface area contributed by atoms with Crippen molar-refractivity contribution in [1.29, 1.82) is 0 Å². The summed E-state index contributed by atoms with van der Waals surface area (Å²) in [7, 11) is 0. The predicted molar refractivity (Wildman–Crippen MR) is 98.7 cm³/mol. The second-order valence-electron chi connectivity index (χ2n) is 5.61. The molecule has 1 aromatic heterocycles. The smallest absolute Gasteiger partial charge is 0.322 e. The van der Waals surface area contributed by atoms with E-state index in [0.717, 1.165) is 11.3 Å². The van der Waals surface area contributed by atoms with E-state index in [1.165, 1.54) is 17.0 Å². The van der Waals surface area contributed by atoms with Gasteiger partial charge in [-0.2, -0.15) is 0 Å². The fraction of sp³-hybridized carbons (Fsp3) is 0.211. The molecule has 1 amide bonds. The van der Waals surface area contributed by atoms with Crippen LogP contribution in [0.2, 0.25) is 0 Å². The van der Waals surface area contributed by atoms with Crippen molar-refractivity contribution in [2.24, 2.45) is 0 Å². The number of nitrogens with one attached hydrogen (secondary N) is 1. The van der Waals surface area contributed by atoms with E-state index in [2.05, 4.69) is 34.6 Å². The van der Waals surface area contributed by atoms with Crippen LogP contribution in [0.25, 0.3) is 0 Å². The third kappa shape index (κ3) is 5.16. The van der Waals surface area contributed by atoms with E-state index in [1.54, 1.807) is 23.9 Å². The molecule has 0 aliphatic carbocycles. The molecule has 0 aliphatic heterocycles. The van der Waals surface area contributed by atoms with Gasteiger partial charge < -0.3 is 4.42 Å². The second-order valence-corrected chi connectivity index (χ2v) is 6.94. The zero-order valence-electron chi connectivity index (χ0n) is 14.2. The molecule has 7 heteroatoms. The Hall–Kier alpha value is -2.67. The van der Waals surface area contributed by atoms with Crippen LogP contribution in [-0.2, 0) is 17.6 Å². The molecule has 3 aromatic rings. The van der Waals surface area contributed by atoms with E-state index in [0.29, 0.717) is 17.9 Å². The summed E-state index contributed by atoms with van der Waals surface area (Å²) in [6, 6.07) is 14.0. The standard InChI is InChI=1S/C19H18FN3O2S/c1-2-26-16-9-5-14(6-10-16)12-18-22-23-19(25-18)21-17(24)11-13-3-7-15(20)8-4-13/h3-10H,2,11-12H2,1H3,(H,21,23,24). The predicted octanol–water partition coefficient (Wildman–Crippen LogP) is 4.09. The van der Waals surface area contributed by atoms with Crippen molar-refractivity contribution in [2.75, 3.05) is 11.1 Å². The van der Waals surface area contributed by atoms with Crippen molar-refractivity contribution in [3.8, 4) is 0 Å². The van der Waals surface area contributed by atoms with Crippen LogP contribution in [0.5, 0.6) is 0 Å². The Kier molecular flexibility index (Phi) is 6.01. The number of rotatable bonds is 7. The number of anilines is 1. The minimum absolute atomic E-state index is 0.0604. The van der Waals surface area contributed by atoms with Gasteiger partial charge in [0.1, 0.15) is 5.82 Å². The number of carbonyl (C=O) groups excluding carboxylic acids is 1. The van der Waals surface area contributed by atoms with Crippen molar-refractivity contribution in [2.45, 2.75) is 24.7 Å². The van der Waals surface area contributed by atoms with Gasteiger partial charge in [-0.1, -0.05) is 36.3 Å². The van der Waals surface area contributed by atoms with E-state index in [-0.39, 0.29) is 24.2 Å². The summed E-state index contributed by atoms with van der Waals surface area (Å²) < 4.78 is 18.4. The minimum atomic E-state index is -0.336. The average molecular weight is 371 g/mol. The number of halogens is 1. The summed E-state index contributed by atoms with van der Waals surface area (Å²) in [4.78, 5) is 13.2. The summed E-state index contributed by atoms with van der Waals surface area (Å²) in [5, 5.41) is 10.4. The molecule has 26 heavy (non-hydrogen) atoms. The molecule has 134 valence electrons. The van der Waals surface area contributed by atoms with Gasteiger partial charge in [0.25, 0.3) is 0 Å². The van der Waals surface area contributed by atoms with Gasteiger partial charge in [0, 0.05) is 4.90 Å². The quantitative estimate of drug-likeness (QED) is 0.634. The Bertz CT molecular complexity index is 863. The van der Waals surface area contributed by atoms with Crippen LogP contribution >= 0.6 is 11.8 Å². The first-order chi connectivity index (χ1) is 12.6. The zero-order valence-corrected chi connectivity index (χ0v) is 15.1. The Balaban J connectivity index is 1.55. The largest absolute Gasteiger partial charge is 0.407 e. The maximum atomic E-state index is 12.9. The monoisotopic (exact) mass is 371 g/mol. The van der Waals surface area contributed by atoms with Gasteiger partial charge in [-0.05, 0) is 41.1 Å². The highest BCUT2D eigenvalue weighted by Crippen LogP contribution is 2.19.